The summed E-state index contributed by atoms with van der Waals surface area (Å²) in [6.07, 6.45) is 0. The first kappa shape index (κ1) is 17.2. The van der Waals surface area contributed by atoms with Gasteiger partial charge in [-0.25, -0.2) is 0 Å². The Morgan fingerprint density at radius 2 is 1.90 bits per heavy atom. The molecule has 20 heavy (non-hydrogen) atoms. The lowest BCUT2D eigenvalue weighted by atomic mass is 10.1. The van der Waals surface area contributed by atoms with E-state index >= 15 is 0 Å². The molecule has 0 fully saturated rings. The van der Waals surface area contributed by atoms with Gasteiger partial charge in [0, 0.05) is 17.8 Å². The van der Waals surface area contributed by atoms with Gasteiger partial charge in [0.15, 0.2) is 0 Å². The molecule has 0 amide bonds. The molecule has 1 rings (SSSR count). The maximum atomic E-state index is 12.0. The zero-order valence-electron chi connectivity index (χ0n) is 11.9. The van der Waals surface area contributed by atoms with Gasteiger partial charge in [-0.1, -0.05) is 12.1 Å². The first-order valence-corrected chi connectivity index (χ1v) is 7.32. The fourth-order valence-corrected chi connectivity index (χ4v) is 1.83. The monoisotopic (exact) mass is 307 g/mol. The molecule has 6 heteroatoms. The van der Waals surface area contributed by atoms with Crippen LogP contribution in [-0.4, -0.2) is 23.4 Å². The first-order chi connectivity index (χ1) is 9.16. The molecule has 0 saturated carbocycles. The normalized spacial score (nSPS) is 12.5. The lowest BCUT2D eigenvalue weighted by Crippen LogP contribution is -2.35. The third-order valence-electron chi connectivity index (χ3n) is 2.34. The summed E-state index contributed by atoms with van der Waals surface area (Å²) in [6, 6.07) is 7.39. The number of benzene rings is 1. The van der Waals surface area contributed by atoms with Crippen LogP contribution in [0.3, 0.4) is 0 Å². The predicted molar refractivity (Wildman–Crippen MR) is 77.0 cm³/mol. The van der Waals surface area contributed by atoms with Crippen molar-refractivity contribution in [1.82, 2.24) is 5.32 Å². The highest BCUT2D eigenvalue weighted by atomic mass is 32.2. The third kappa shape index (κ3) is 8.32. The molecule has 0 aliphatic rings. The number of ether oxygens (including phenoxy) is 1. The van der Waals surface area contributed by atoms with Gasteiger partial charge in [-0.3, -0.25) is 0 Å². The van der Waals surface area contributed by atoms with Crippen molar-refractivity contribution in [3.8, 4) is 5.75 Å². The largest absolute Gasteiger partial charge is 0.493 e. The SMILES string of the molecule is CC(C)(C)NCc1cccc(OCCSC(F)(F)F)c1. The van der Waals surface area contributed by atoms with Gasteiger partial charge in [0.2, 0.25) is 0 Å². The van der Waals surface area contributed by atoms with Gasteiger partial charge < -0.3 is 10.1 Å². The number of nitrogens with one attached hydrogen (secondary N) is 1. The fourth-order valence-electron chi connectivity index (χ4n) is 1.43. The highest BCUT2D eigenvalue weighted by Gasteiger charge is 2.27. The van der Waals surface area contributed by atoms with Crippen molar-refractivity contribution in [1.29, 1.82) is 0 Å². The molecule has 0 aromatic heterocycles. The summed E-state index contributed by atoms with van der Waals surface area (Å²) in [5.41, 5.74) is -3.14. The number of halogens is 3. The van der Waals surface area contributed by atoms with Crippen molar-refractivity contribution in [3.63, 3.8) is 0 Å². The molecular formula is C14H20F3NOS. The Labute approximate surface area is 122 Å². The molecule has 0 unspecified atom stereocenters. The molecule has 0 aliphatic heterocycles. The van der Waals surface area contributed by atoms with Crippen LogP contribution in [0.15, 0.2) is 24.3 Å². The van der Waals surface area contributed by atoms with Crippen LogP contribution in [0, 0.1) is 0 Å². The van der Waals surface area contributed by atoms with E-state index in [0.717, 1.165) is 5.56 Å². The Kier molecular flexibility index (Phi) is 6.20. The van der Waals surface area contributed by atoms with Crippen LogP contribution in [0.5, 0.6) is 5.75 Å². The highest BCUT2D eigenvalue weighted by molar-refractivity contribution is 8.00. The van der Waals surface area contributed by atoms with Crippen molar-refractivity contribution in [2.45, 2.75) is 38.4 Å². The second kappa shape index (κ2) is 7.22. The zero-order chi connectivity index (χ0) is 15.2. The van der Waals surface area contributed by atoms with Gasteiger partial charge in [-0.15, -0.1) is 0 Å². The number of hydrogen-bond donors (Lipinski definition) is 1. The molecule has 0 saturated heterocycles. The minimum atomic E-state index is -4.19. The van der Waals surface area contributed by atoms with E-state index in [1.807, 2.05) is 18.2 Å². The standard InChI is InChI=1S/C14H20F3NOS/c1-13(2,3)18-10-11-5-4-6-12(9-11)19-7-8-20-14(15,16)17/h4-6,9,18H,7-8,10H2,1-3H3. The Balaban J connectivity index is 2.40. The maximum Gasteiger partial charge on any atom is 0.441 e. The van der Waals surface area contributed by atoms with E-state index in [4.69, 9.17) is 4.74 Å². The molecular weight excluding hydrogens is 287 g/mol. The topological polar surface area (TPSA) is 21.3 Å². The van der Waals surface area contributed by atoms with Crippen LogP contribution in [0.1, 0.15) is 26.3 Å². The molecule has 1 aromatic rings. The molecule has 2 nitrogen and oxygen atoms in total. The van der Waals surface area contributed by atoms with E-state index in [2.05, 4.69) is 26.1 Å². The Bertz CT molecular complexity index is 416. The molecule has 1 aromatic carbocycles. The van der Waals surface area contributed by atoms with E-state index in [1.54, 1.807) is 6.07 Å². The lowest BCUT2D eigenvalue weighted by Gasteiger charge is -2.20. The smallest absolute Gasteiger partial charge is 0.441 e. The predicted octanol–water partition coefficient (Wildman–Crippen LogP) is 4.21. The second-order valence-corrected chi connectivity index (χ2v) is 6.55. The lowest BCUT2D eigenvalue weighted by molar-refractivity contribution is -0.0329. The molecule has 0 heterocycles. The maximum absolute atomic E-state index is 12.0. The van der Waals surface area contributed by atoms with Crippen molar-refractivity contribution in [2.24, 2.45) is 0 Å². The van der Waals surface area contributed by atoms with Crippen molar-refractivity contribution in [3.05, 3.63) is 29.8 Å². The van der Waals surface area contributed by atoms with Crippen molar-refractivity contribution < 1.29 is 17.9 Å². The molecule has 0 aliphatic carbocycles. The number of alkyl halides is 3. The number of hydrogen-bond acceptors (Lipinski definition) is 3. The molecule has 114 valence electrons. The van der Waals surface area contributed by atoms with Crippen LogP contribution in [0.4, 0.5) is 13.2 Å². The average Bonchev–Trinajstić information content (AvgIpc) is 2.31. The highest BCUT2D eigenvalue weighted by Crippen LogP contribution is 2.29. The van der Waals surface area contributed by atoms with Gasteiger partial charge >= 0.3 is 5.51 Å². The van der Waals surface area contributed by atoms with Gasteiger partial charge in [-0.2, -0.15) is 13.2 Å². The van der Waals surface area contributed by atoms with Crippen LogP contribution in [0.2, 0.25) is 0 Å². The minimum Gasteiger partial charge on any atom is -0.493 e. The van der Waals surface area contributed by atoms with E-state index < -0.39 is 5.51 Å². The van der Waals surface area contributed by atoms with Crippen molar-refractivity contribution in [2.75, 3.05) is 12.4 Å². The number of rotatable bonds is 6. The van der Waals surface area contributed by atoms with Crippen LogP contribution < -0.4 is 10.1 Å². The summed E-state index contributed by atoms with van der Waals surface area (Å²) in [7, 11) is 0. The Hall–Kier alpha value is -0.880. The zero-order valence-corrected chi connectivity index (χ0v) is 12.7. The molecule has 0 bridgehead atoms. The minimum absolute atomic E-state index is 0.0141. The van der Waals surface area contributed by atoms with E-state index in [1.165, 1.54) is 0 Å². The molecule has 0 atom stereocenters. The molecule has 0 spiro atoms. The van der Waals surface area contributed by atoms with Gasteiger partial charge in [0.1, 0.15) is 5.75 Å². The Morgan fingerprint density at radius 1 is 1.20 bits per heavy atom. The molecule has 0 radical (unpaired) electrons. The van der Waals surface area contributed by atoms with E-state index in [-0.39, 0.29) is 29.7 Å². The first-order valence-electron chi connectivity index (χ1n) is 6.33. The fraction of sp³-hybridized carbons (Fsp3) is 0.571. The van der Waals surface area contributed by atoms with Crippen LogP contribution in [0.25, 0.3) is 0 Å². The third-order valence-corrected chi connectivity index (χ3v) is 3.04. The summed E-state index contributed by atoms with van der Waals surface area (Å²) in [4.78, 5) is 0. The van der Waals surface area contributed by atoms with E-state index in [0.29, 0.717) is 12.3 Å². The number of thioether (sulfide) groups is 1. The van der Waals surface area contributed by atoms with Gasteiger partial charge in [0.25, 0.3) is 0 Å². The summed E-state index contributed by atoms with van der Waals surface area (Å²) in [5.74, 6) is 0.495. The van der Waals surface area contributed by atoms with Gasteiger partial charge in [-0.05, 0) is 50.2 Å². The van der Waals surface area contributed by atoms with Crippen LogP contribution in [-0.2, 0) is 6.54 Å². The quantitative estimate of drug-likeness (QED) is 0.796. The summed E-state index contributed by atoms with van der Waals surface area (Å²) in [5, 5.41) is 3.34. The second-order valence-electron chi connectivity index (χ2n) is 5.39. The summed E-state index contributed by atoms with van der Waals surface area (Å²) in [6.45, 7) is 6.95. The van der Waals surface area contributed by atoms with E-state index in [9.17, 15) is 13.2 Å². The average molecular weight is 307 g/mol. The summed E-state index contributed by atoms with van der Waals surface area (Å²) >= 11 is -0.0667. The van der Waals surface area contributed by atoms with Gasteiger partial charge in [0.05, 0.1) is 6.61 Å². The Morgan fingerprint density at radius 3 is 2.50 bits per heavy atom. The summed E-state index contributed by atoms with van der Waals surface area (Å²) < 4.78 is 41.2. The molecule has 1 N–H and O–H groups in total. The van der Waals surface area contributed by atoms with Crippen molar-refractivity contribution >= 4 is 11.8 Å². The van der Waals surface area contributed by atoms with Crippen LogP contribution >= 0.6 is 11.8 Å².